The topological polar surface area (TPSA) is 101 Å². The summed E-state index contributed by atoms with van der Waals surface area (Å²) in [5.74, 6) is 1.04. The van der Waals surface area contributed by atoms with Gasteiger partial charge in [0.05, 0.1) is 18.2 Å². The van der Waals surface area contributed by atoms with Crippen LogP contribution in [-0.2, 0) is 9.53 Å². The molecule has 1 amide bonds. The molecule has 0 bridgehead atoms. The molecule has 30 heavy (non-hydrogen) atoms. The Labute approximate surface area is 175 Å². The lowest BCUT2D eigenvalue weighted by Gasteiger charge is -2.13. The molecular formula is C21H26BN5O3. The predicted molar refractivity (Wildman–Crippen MR) is 118 cm³/mol. The number of hydrogen-bond donors (Lipinski definition) is 3. The van der Waals surface area contributed by atoms with Crippen molar-refractivity contribution < 1.29 is 14.6 Å². The highest BCUT2D eigenvalue weighted by atomic mass is 16.5. The molecule has 1 fully saturated rings. The van der Waals surface area contributed by atoms with Gasteiger partial charge in [0, 0.05) is 37.5 Å². The highest BCUT2D eigenvalue weighted by molar-refractivity contribution is 6.54. The lowest BCUT2D eigenvalue weighted by molar-refractivity contribution is -0.124. The summed E-state index contributed by atoms with van der Waals surface area (Å²) < 4.78 is 7.05. The fourth-order valence-corrected chi connectivity index (χ4v) is 3.61. The van der Waals surface area contributed by atoms with Crippen LogP contribution in [0.15, 0.2) is 36.5 Å². The number of amides is 1. The van der Waals surface area contributed by atoms with Crippen molar-refractivity contribution in [3.8, 4) is 17.0 Å². The summed E-state index contributed by atoms with van der Waals surface area (Å²) in [6, 6.07) is 9.07. The number of anilines is 1. The third-order valence-electron chi connectivity index (χ3n) is 5.37. The van der Waals surface area contributed by atoms with Crippen LogP contribution < -0.4 is 16.1 Å². The summed E-state index contributed by atoms with van der Waals surface area (Å²) in [5.41, 5.74) is 3.18. The molecule has 4 rings (SSSR count). The van der Waals surface area contributed by atoms with Crippen LogP contribution in [0.5, 0.6) is 5.75 Å². The molecule has 0 saturated carbocycles. The van der Waals surface area contributed by atoms with E-state index in [9.17, 15) is 9.90 Å². The fourth-order valence-electron chi connectivity index (χ4n) is 3.61. The average Bonchev–Trinajstić information content (AvgIpc) is 3.43. The lowest BCUT2D eigenvalue weighted by atomic mass is 9.75. The van der Waals surface area contributed by atoms with E-state index < -0.39 is 0 Å². The van der Waals surface area contributed by atoms with Crippen LogP contribution in [0.1, 0.15) is 12.8 Å². The van der Waals surface area contributed by atoms with E-state index >= 15 is 0 Å². The number of carbonyl (C=O) groups is 1. The molecule has 156 valence electrons. The smallest absolute Gasteiger partial charge is 0.225 e. The lowest BCUT2D eigenvalue weighted by Crippen LogP contribution is -2.32. The number of fused-ring (bicyclic) bond motifs is 1. The Bertz CT molecular complexity index is 1030. The van der Waals surface area contributed by atoms with E-state index in [1.165, 1.54) is 0 Å². The molecule has 9 heteroatoms. The van der Waals surface area contributed by atoms with Crippen LogP contribution in [0.2, 0.25) is 6.82 Å². The van der Waals surface area contributed by atoms with E-state index in [0.29, 0.717) is 37.6 Å². The van der Waals surface area contributed by atoms with Crippen LogP contribution in [0.25, 0.3) is 16.9 Å². The molecule has 1 unspecified atom stereocenters. The standard InChI is InChI=1S/C21H26BN5O3/c1-22-16-12-25-27-19(23-8-4-9-24-21(29)14-7-10-30-13-14)11-17(26-20(16)27)15-5-2-3-6-18(15)28/h2-3,5-6,11-12,14,22-23,28H,4,7-10,13H2,1H3,(H,24,29). The van der Waals surface area contributed by atoms with Crippen molar-refractivity contribution in [1.29, 1.82) is 0 Å². The van der Waals surface area contributed by atoms with Gasteiger partial charge in [0.15, 0.2) is 12.9 Å². The summed E-state index contributed by atoms with van der Waals surface area (Å²) in [6.07, 6.45) is 3.40. The van der Waals surface area contributed by atoms with E-state index in [-0.39, 0.29) is 17.6 Å². The molecule has 0 spiro atoms. The fraction of sp³-hybridized carbons (Fsp3) is 0.381. The molecule has 0 radical (unpaired) electrons. The molecule has 3 aromatic rings. The Kier molecular flexibility index (Phi) is 6.18. The molecule has 1 aromatic carbocycles. The third kappa shape index (κ3) is 4.26. The van der Waals surface area contributed by atoms with Crippen molar-refractivity contribution in [2.45, 2.75) is 19.7 Å². The first kappa shape index (κ1) is 20.2. The Morgan fingerprint density at radius 2 is 2.23 bits per heavy atom. The van der Waals surface area contributed by atoms with Crippen molar-refractivity contribution in [3.63, 3.8) is 0 Å². The number of nitrogens with one attached hydrogen (secondary N) is 2. The molecule has 1 aliphatic rings. The Balaban J connectivity index is 1.46. The monoisotopic (exact) mass is 407 g/mol. The van der Waals surface area contributed by atoms with Gasteiger partial charge in [-0.2, -0.15) is 9.61 Å². The first-order chi connectivity index (χ1) is 14.7. The maximum absolute atomic E-state index is 12.1. The zero-order valence-corrected chi connectivity index (χ0v) is 17.1. The van der Waals surface area contributed by atoms with Gasteiger partial charge in [0.1, 0.15) is 11.6 Å². The maximum atomic E-state index is 12.1. The highest BCUT2D eigenvalue weighted by Crippen LogP contribution is 2.29. The van der Waals surface area contributed by atoms with E-state index in [1.807, 2.05) is 24.4 Å². The molecule has 2 aromatic heterocycles. The quantitative estimate of drug-likeness (QED) is 0.383. The molecule has 1 aliphatic heterocycles. The number of phenolic OH excluding ortho intramolecular Hbond substituents is 1. The van der Waals surface area contributed by atoms with Crippen LogP contribution in [0.4, 0.5) is 5.82 Å². The number of nitrogens with zero attached hydrogens (tertiary/aromatic N) is 3. The second kappa shape index (κ2) is 9.17. The summed E-state index contributed by atoms with van der Waals surface area (Å²) in [7, 11) is 0.817. The van der Waals surface area contributed by atoms with Gasteiger partial charge in [-0.05, 0) is 30.4 Å². The van der Waals surface area contributed by atoms with Gasteiger partial charge < -0.3 is 20.5 Å². The number of rotatable bonds is 8. The van der Waals surface area contributed by atoms with E-state index in [2.05, 4.69) is 22.6 Å². The van der Waals surface area contributed by atoms with Crippen LogP contribution in [0, 0.1) is 5.92 Å². The minimum absolute atomic E-state index is 0.0181. The van der Waals surface area contributed by atoms with Gasteiger partial charge in [-0.1, -0.05) is 19.0 Å². The molecule has 1 atom stereocenters. The average molecular weight is 407 g/mol. The summed E-state index contributed by atoms with van der Waals surface area (Å²) in [5, 5.41) is 21.1. The highest BCUT2D eigenvalue weighted by Gasteiger charge is 2.22. The number of para-hydroxylation sites is 1. The molecule has 3 heterocycles. The van der Waals surface area contributed by atoms with Gasteiger partial charge in [-0.3, -0.25) is 4.79 Å². The van der Waals surface area contributed by atoms with E-state index in [1.54, 1.807) is 16.6 Å². The van der Waals surface area contributed by atoms with Crippen molar-refractivity contribution in [3.05, 3.63) is 36.5 Å². The van der Waals surface area contributed by atoms with Crippen molar-refractivity contribution >= 4 is 30.1 Å². The Morgan fingerprint density at radius 3 is 3.00 bits per heavy atom. The maximum Gasteiger partial charge on any atom is 0.225 e. The van der Waals surface area contributed by atoms with Crippen molar-refractivity contribution in [1.82, 2.24) is 19.9 Å². The van der Waals surface area contributed by atoms with Crippen LogP contribution >= 0.6 is 0 Å². The van der Waals surface area contributed by atoms with Crippen LogP contribution in [-0.4, -0.2) is 59.2 Å². The molecule has 1 saturated heterocycles. The Hall–Kier alpha value is -3.07. The first-order valence-corrected chi connectivity index (χ1v) is 10.4. The van der Waals surface area contributed by atoms with Crippen molar-refractivity contribution in [2.24, 2.45) is 5.92 Å². The van der Waals surface area contributed by atoms with E-state index in [4.69, 9.17) is 9.72 Å². The zero-order valence-electron chi connectivity index (χ0n) is 17.1. The molecule has 0 aliphatic carbocycles. The van der Waals surface area contributed by atoms with E-state index in [0.717, 1.165) is 37.0 Å². The number of aromatic hydroxyl groups is 1. The second-order valence-corrected chi connectivity index (χ2v) is 7.43. The van der Waals surface area contributed by atoms with Crippen LogP contribution in [0.3, 0.4) is 0 Å². The predicted octanol–water partition coefficient (Wildman–Crippen LogP) is 1.17. The molecule has 3 N–H and O–H groups in total. The number of phenols is 1. The number of hydrogen-bond acceptors (Lipinski definition) is 6. The first-order valence-electron chi connectivity index (χ1n) is 10.4. The minimum atomic E-state index is -0.0181. The largest absolute Gasteiger partial charge is 0.507 e. The van der Waals surface area contributed by atoms with Gasteiger partial charge in [0.2, 0.25) is 5.91 Å². The van der Waals surface area contributed by atoms with Gasteiger partial charge in [0.25, 0.3) is 0 Å². The molecular weight excluding hydrogens is 381 g/mol. The van der Waals surface area contributed by atoms with Gasteiger partial charge in [-0.25, -0.2) is 4.98 Å². The number of ether oxygens (including phenoxy) is 1. The number of benzene rings is 1. The number of aromatic nitrogens is 3. The number of carbonyl (C=O) groups excluding carboxylic acids is 1. The third-order valence-corrected chi connectivity index (χ3v) is 5.37. The molecule has 8 nitrogen and oxygen atoms in total. The summed E-state index contributed by atoms with van der Waals surface area (Å²) in [4.78, 5) is 16.8. The Morgan fingerprint density at radius 1 is 1.37 bits per heavy atom. The zero-order chi connectivity index (χ0) is 20.9. The normalized spacial score (nSPS) is 16.0. The minimum Gasteiger partial charge on any atom is -0.507 e. The second-order valence-electron chi connectivity index (χ2n) is 7.43. The van der Waals surface area contributed by atoms with Crippen molar-refractivity contribution in [2.75, 3.05) is 31.6 Å². The summed E-state index contributed by atoms with van der Waals surface area (Å²) in [6.45, 7) is 4.52. The van der Waals surface area contributed by atoms with Gasteiger partial charge in [-0.15, -0.1) is 0 Å². The SMILES string of the molecule is CBc1cnn2c(NCCCNC(=O)C3CCOC3)cc(-c3ccccc3O)nc12. The van der Waals surface area contributed by atoms with Gasteiger partial charge >= 0.3 is 0 Å². The summed E-state index contributed by atoms with van der Waals surface area (Å²) >= 11 is 0.